The molecule has 92 valence electrons. The molecular weight excluding hydrogens is 236 g/mol. The van der Waals surface area contributed by atoms with Crippen LogP contribution in [-0.4, -0.2) is 34.1 Å². The Bertz CT molecular complexity index is 392. The van der Waals surface area contributed by atoms with E-state index in [1.54, 1.807) is 6.07 Å². The summed E-state index contributed by atoms with van der Waals surface area (Å²) >= 11 is 2.01. The van der Waals surface area contributed by atoms with Gasteiger partial charge in [0.05, 0.1) is 0 Å². The molecule has 17 heavy (non-hydrogen) atoms. The number of nitrogens with zero attached hydrogens (tertiary/aromatic N) is 1. The number of carbonyl (C=O) groups is 1. The largest absolute Gasteiger partial charge is 0.477 e. The number of thioether (sulfide) groups is 1. The lowest BCUT2D eigenvalue weighted by Crippen LogP contribution is -2.19. The van der Waals surface area contributed by atoms with E-state index < -0.39 is 5.97 Å². The van der Waals surface area contributed by atoms with Crippen molar-refractivity contribution in [1.29, 1.82) is 0 Å². The molecule has 1 aromatic heterocycles. The molecule has 0 unspecified atom stereocenters. The first-order chi connectivity index (χ1) is 8.25. The van der Waals surface area contributed by atoms with Gasteiger partial charge < -0.3 is 10.4 Å². The van der Waals surface area contributed by atoms with Crippen molar-refractivity contribution in [3.8, 4) is 0 Å². The Kier molecular flexibility index (Phi) is 4.25. The van der Waals surface area contributed by atoms with E-state index in [1.165, 1.54) is 30.4 Å². The van der Waals surface area contributed by atoms with Gasteiger partial charge in [-0.25, -0.2) is 9.78 Å². The molecule has 0 amide bonds. The number of aromatic nitrogens is 1. The molecule has 1 aromatic rings. The summed E-state index contributed by atoms with van der Waals surface area (Å²) in [6.45, 7) is 0.886. The monoisotopic (exact) mass is 252 g/mol. The third-order valence-electron chi connectivity index (χ3n) is 2.88. The fourth-order valence-electron chi connectivity index (χ4n) is 1.85. The minimum atomic E-state index is -0.984. The number of carboxylic acid groups (broad SMARTS) is 1. The first-order valence-electron chi connectivity index (χ1n) is 5.77. The zero-order valence-electron chi connectivity index (χ0n) is 9.56. The predicted molar refractivity (Wildman–Crippen MR) is 69.7 cm³/mol. The van der Waals surface area contributed by atoms with Crippen molar-refractivity contribution in [3.05, 3.63) is 23.9 Å². The van der Waals surface area contributed by atoms with Crippen LogP contribution in [0, 0.1) is 5.92 Å². The number of aromatic carboxylic acids is 1. The number of hydrogen-bond acceptors (Lipinski definition) is 4. The maximum absolute atomic E-state index is 10.8. The second kappa shape index (κ2) is 5.91. The van der Waals surface area contributed by atoms with E-state index >= 15 is 0 Å². The van der Waals surface area contributed by atoms with E-state index in [1.807, 2.05) is 17.8 Å². The Morgan fingerprint density at radius 1 is 1.47 bits per heavy atom. The van der Waals surface area contributed by atoms with Crippen LogP contribution in [0.15, 0.2) is 18.2 Å². The SMILES string of the molecule is O=C(O)c1cccc(NCC2CCSCC2)n1. The normalized spacial score (nSPS) is 16.7. The highest BCUT2D eigenvalue weighted by molar-refractivity contribution is 7.99. The molecule has 2 rings (SSSR count). The van der Waals surface area contributed by atoms with Gasteiger partial charge in [0, 0.05) is 6.54 Å². The Hall–Kier alpha value is -1.23. The van der Waals surface area contributed by atoms with Gasteiger partial charge in [0.25, 0.3) is 0 Å². The maximum Gasteiger partial charge on any atom is 0.354 e. The van der Waals surface area contributed by atoms with Crippen molar-refractivity contribution in [2.24, 2.45) is 5.92 Å². The predicted octanol–water partition coefficient (Wildman–Crippen LogP) is 2.33. The molecule has 2 heterocycles. The molecule has 4 nitrogen and oxygen atoms in total. The summed E-state index contributed by atoms with van der Waals surface area (Å²) in [4.78, 5) is 14.8. The van der Waals surface area contributed by atoms with Gasteiger partial charge in [-0.05, 0) is 42.4 Å². The third-order valence-corrected chi connectivity index (χ3v) is 3.93. The second-order valence-electron chi connectivity index (χ2n) is 4.15. The van der Waals surface area contributed by atoms with Gasteiger partial charge in [-0.1, -0.05) is 6.07 Å². The van der Waals surface area contributed by atoms with Gasteiger partial charge in [0.2, 0.25) is 0 Å². The van der Waals surface area contributed by atoms with Gasteiger partial charge in [0.1, 0.15) is 5.82 Å². The molecule has 1 aliphatic heterocycles. The summed E-state index contributed by atoms with van der Waals surface area (Å²) in [6.07, 6.45) is 2.46. The van der Waals surface area contributed by atoms with E-state index in [0.717, 1.165) is 6.54 Å². The van der Waals surface area contributed by atoms with Crippen LogP contribution in [0.3, 0.4) is 0 Å². The number of nitrogens with one attached hydrogen (secondary N) is 1. The smallest absolute Gasteiger partial charge is 0.354 e. The van der Waals surface area contributed by atoms with Gasteiger partial charge in [-0.3, -0.25) is 0 Å². The standard InChI is InChI=1S/C12H16N2O2S/c15-12(16)10-2-1-3-11(14-10)13-8-9-4-6-17-7-5-9/h1-3,9H,4-8H2,(H,13,14)(H,15,16). The first kappa shape index (κ1) is 12.2. The number of hydrogen-bond donors (Lipinski definition) is 2. The van der Waals surface area contributed by atoms with Crippen molar-refractivity contribution in [1.82, 2.24) is 4.98 Å². The lowest BCUT2D eigenvalue weighted by Gasteiger charge is -2.21. The first-order valence-corrected chi connectivity index (χ1v) is 6.93. The topological polar surface area (TPSA) is 62.2 Å². The lowest BCUT2D eigenvalue weighted by atomic mass is 10.0. The Morgan fingerprint density at radius 3 is 2.94 bits per heavy atom. The summed E-state index contributed by atoms with van der Waals surface area (Å²) < 4.78 is 0. The van der Waals surface area contributed by atoms with Crippen LogP contribution in [0.2, 0.25) is 0 Å². The van der Waals surface area contributed by atoms with Gasteiger partial charge in [-0.15, -0.1) is 0 Å². The van der Waals surface area contributed by atoms with Crippen LogP contribution in [-0.2, 0) is 0 Å². The highest BCUT2D eigenvalue weighted by Crippen LogP contribution is 2.22. The van der Waals surface area contributed by atoms with Crippen LogP contribution < -0.4 is 5.32 Å². The van der Waals surface area contributed by atoms with Crippen LogP contribution in [0.1, 0.15) is 23.3 Å². The van der Waals surface area contributed by atoms with E-state index in [2.05, 4.69) is 10.3 Å². The molecule has 0 bridgehead atoms. The summed E-state index contributed by atoms with van der Waals surface area (Å²) in [5, 5.41) is 12.1. The average molecular weight is 252 g/mol. The molecule has 0 radical (unpaired) electrons. The average Bonchev–Trinajstić information content (AvgIpc) is 2.38. The van der Waals surface area contributed by atoms with Crippen molar-refractivity contribution in [2.45, 2.75) is 12.8 Å². The van der Waals surface area contributed by atoms with Gasteiger partial charge >= 0.3 is 5.97 Å². The van der Waals surface area contributed by atoms with Crippen molar-refractivity contribution in [3.63, 3.8) is 0 Å². The van der Waals surface area contributed by atoms with Gasteiger partial charge in [0.15, 0.2) is 5.69 Å². The Labute approximate surface area is 105 Å². The minimum absolute atomic E-state index is 0.0919. The molecule has 0 aliphatic carbocycles. The summed E-state index contributed by atoms with van der Waals surface area (Å²) in [5.41, 5.74) is 0.0919. The van der Waals surface area contributed by atoms with Crippen molar-refractivity contribution < 1.29 is 9.90 Å². The summed E-state index contributed by atoms with van der Waals surface area (Å²) in [5.74, 6) is 2.82. The van der Waals surface area contributed by atoms with E-state index in [0.29, 0.717) is 11.7 Å². The fraction of sp³-hybridized carbons (Fsp3) is 0.500. The molecule has 0 saturated carbocycles. The Morgan fingerprint density at radius 2 is 2.24 bits per heavy atom. The number of pyridine rings is 1. The fourth-order valence-corrected chi connectivity index (χ4v) is 3.06. The van der Waals surface area contributed by atoms with Crippen LogP contribution >= 0.6 is 11.8 Å². The highest BCUT2D eigenvalue weighted by atomic mass is 32.2. The molecule has 1 saturated heterocycles. The molecule has 5 heteroatoms. The van der Waals surface area contributed by atoms with Crippen LogP contribution in [0.5, 0.6) is 0 Å². The quantitative estimate of drug-likeness (QED) is 0.861. The molecule has 1 aliphatic rings. The molecule has 2 N–H and O–H groups in total. The zero-order valence-corrected chi connectivity index (χ0v) is 10.4. The number of rotatable bonds is 4. The van der Waals surface area contributed by atoms with Crippen LogP contribution in [0.25, 0.3) is 0 Å². The second-order valence-corrected chi connectivity index (χ2v) is 5.37. The van der Waals surface area contributed by atoms with E-state index in [-0.39, 0.29) is 5.69 Å². The lowest BCUT2D eigenvalue weighted by molar-refractivity contribution is 0.0690. The summed E-state index contributed by atoms with van der Waals surface area (Å²) in [6, 6.07) is 5.03. The molecule has 0 atom stereocenters. The maximum atomic E-state index is 10.8. The zero-order chi connectivity index (χ0) is 12.1. The highest BCUT2D eigenvalue weighted by Gasteiger charge is 2.13. The Balaban J connectivity index is 1.89. The van der Waals surface area contributed by atoms with Gasteiger partial charge in [-0.2, -0.15) is 11.8 Å². The number of anilines is 1. The van der Waals surface area contributed by atoms with E-state index in [9.17, 15) is 4.79 Å². The third kappa shape index (κ3) is 3.63. The summed E-state index contributed by atoms with van der Waals surface area (Å²) in [7, 11) is 0. The van der Waals surface area contributed by atoms with Crippen molar-refractivity contribution in [2.75, 3.05) is 23.4 Å². The minimum Gasteiger partial charge on any atom is -0.477 e. The van der Waals surface area contributed by atoms with Crippen molar-refractivity contribution >= 4 is 23.5 Å². The molecule has 1 fully saturated rings. The number of carboxylic acids is 1. The van der Waals surface area contributed by atoms with Crippen LogP contribution in [0.4, 0.5) is 5.82 Å². The molecular formula is C12H16N2O2S. The molecule has 0 spiro atoms. The molecule has 0 aromatic carbocycles. The van der Waals surface area contributed by atoms with E-state index in [4.69, 9.17) is 5.11 Å².